The van der Waals surface area contributed by atoms with Crippen LogP contribution in [0, 0.1) is 11.8 Å². The molecule has 0 unspecified atom stereocenters. The van der Waals surface area contributed by atoms with E-state index >= 15 is 0 Å². The number of carboxylic acids is 1. The highest BCUT2D eigenvalue weighted by molar-refractivity contribution is 5.87. The van der Waals surface area contributed by atoms with Crippen molar-refractivity contribution in [2.75, 3.05) is 13.1 Å². The minimum Gasteiger partial charge on any atom is -0.478 e. The number of hydrogen-bond acceptors (Lipinski definition) is 3. The number of nitrogens with one attached hydrogen (secondary N) is 1. The quantitative estimate of drug-likeness (QED) is 0.579. The number of aryl methyl sites for hydroxylation is 1. The summed E-state index contributed by atoms with van der Waals surface area (Å²) in [6.45, 7) is 4.45. The van der Waals surface area contributed by atoms with Gasteiger partial charge in [-0.15, -0.1) is 0 Å². The number of unbranched alkanes of at least 4 members (excludes halogenated alkanes) is 3. The second-order valence-electron chi connectivity index (χ2n) is 7.92. The molecule has 0 spiro atoms. The molecule has 4 heteroatoms. The summed E-state index contributed by atoms with van der Waals surface area (Å²) in [7, 11) is 0. The summed E-state index contributed by atoms with van der Waals surface area (Å²) in [5.41, 5.74) is 1.59. The molecule has 0 amide bonds. The molecule has 0 radical (unpaired) electrons. The van der Waals surface area contributed by atoms with Gasteiger partial charge in [0.2, 0.25) is 0 Å². The van der Waals surface area contributed by atoms with Crippen molar-refractivity contribution >= 4 is 5.97 Å². The first-order chi connectivity index (χ1) is 12.7. The number of carboxylic acid groups (broad SMARTS) is 1. The lowest BCUT2D eigenvalue weighted by Gasteiger charge is -2.28. The normalized spacial score (nSPS) is 27.1. The Kier molecular flexibility index (Phi) is 7.09. The lowest BCUT2D eigenvalue weighted by Crippen LogP contribution is -2.36. The Balaban J connectivity index is 1.46. The maximum absolute atomic E-state index is 11.0. The van der Waals surface area contributed by atoms with E-state index in [-0.39, 0.29) is 0 Å². The Morgan fingerprint density at radius 3 is 2.54 bits per heavy atom. The van der Waals surface area contributed by atoms with E-state index in [9.17, 15) is 4.79 Å². The summed E-state index contributed by atoms with van der Waals surface area (Å²) in [6, 6.07) is 7.34. The van der Waals surface area contributed by atoms with Crippen molar-refractivity contribution in [3.05, 3.63) is 35.4 Å². The third kappa shape index (κ3) is 4.86. The summed E-state index contributed by atoms with van der Waals surface area (Å²) in [5, 5.41) is 12.7. The van der Waals surface area contributed by atoms with Crippen LogP contribution in [0.5, 0.6) is 0 Å². The number of benzene rings is 1. The Morgan fingerprint density at radius 2 is 1.85 bits per heavy atom. The van der Waals surface area contributed by atoms with Gasteiger partial charge in [0, 0.05) is 12.5 Å². The van der Waals surface area contributed by atoms with E-state index in [0.717, 1.165) is 25.9 Å². The van der Waals surface area contributed by atoms with Gasteiger partial charge in [0.05, 0.1) is 17.8 Å². The van der Waals surface area contributed by atoms with Gasteiger partial charge in [0.1, 0.15) is 0 Å². The number of fused-ring (bicyclic) bond motifs is 2. The van der Waals surface area contributed by atoms with Crippen molar-refractivity contribution in [2.45, 2.75) is 70.5 Å². The number of rotatable bonds is 11. The van der Waals surface area contributed by atoms with Crippen molar-refractivity contribution in [1.29, 1.82) is 0 Å². The van der Waals surface area contributed by atoms with Crippen LogP contribution in [-0.4, -0.2) is 36.4 Å². The van der Waals surface area contributed by atoms with Crippen LogP contribution >= 0.6 is 0 Å². The van der Waals surface area contributed by atoms with Crippen LogP contribution in [0.2, 0.25) is 0 Å². The predicted octanol–water partition coefficient (Wildman–Crippen LogP) is 4.28. The molecule has 0 saturated carbocycles. The molecule has 0 aromatic heterocycles. The van der Waals surface area contributed by atoms with E-state index in [4.69, 9.17) is 9.84 Å². The molecule has 2 heterocycles. The molecular weight excluding hydrogens is 326 g/mol. The fraction of sp³-hybridized carbons (Fsp3) is 0.682. The third-order valence-corrected chi connectivity index (χ3v) is 6.14. The van der Waals surface area contributed by atoms with Crippen LogP contribution in [0.4, 0.5) is 0 Å². The van der Waals surface area contributed by atoms with Gasteiger partial charge >= 0.3 is 5.97 Å². The van der Waals surface area contributed by atoms with Gasteiger partial charge < -0.3 is 15.2 Å². The van der Waals surface area contributed by atoms with Crippen LogP contribution < -0.4 is 5.32 Å². The summed E-state index contributed by atoms with van der Waals surface area (Å²) < 4.78 is 6.21. The zero-order valence-electron chi connectivity index (χ0n) is 16.0. The van der Waals surface area contributed by atoms with Crippen LogP contribution in [0.15, 0.2) is 24.3 Å². The van der Waals surface area contributed by atoms with Gasteiger partial charge in [0.15, 0.2) is 0 Å². The molecule has 2 bridgehead atoms. The van der Waals surface area contributed by atoms with E-state index in [0.29, 0.717) is 29.6 Å². The van der Waals surface area contributed by atoms with Crippen molar-refractivity contribution in [3.8, 4) is 0 Å². The standard InChI is InChI=1S/C22H33NO3/c1-2-3-4-5-14-23-15-19-18(20-12-13-21(19)26-20)11-8-16-6-9-17(10-7-16)22(24)25/h6-7,9-10,18-21,23H,2-5,8,11-15H2,1H3,(H,24,25)/t18-,19-,20+,21-/m1/s1. The van der Waals surface area contributed by atoms with Crippen molar-refractivity contribution < 1.29 is 14.6 Å². The lowest BCUT2D eigenvalue weighted by atomic mass is 9.76. The highest BCUT2D eigenvalue weighted by Gasteiger charge is 2.47. The molecule has 3 rings (SSSR count). The minimum atomic E-state index is -0.858. The molecule has 4 nitrogen and oxygen atoms in total. The van der Waals surface area contributed by atoms with Crippen LogP contribution in [0.1, 0.15) is 67.8 Å². The third-order valence-electron chi connectivity index (χ3n) is 6.14. The zero-order chi connectivity index (χ0) is 18.4. The van der Waals surface area contributed by atoms with Gasteiger partial charge in [-0.25, -0.2) is 4.79 Å². The van der Waals surface area contributed by atoms with E-state index in [1.165, 1.54) is 44.1 Å². The van der Waals surface area contributed by atoms with Crippen LogP contribution in [0.25, 0.3) is 0 Å². The van der Waals surface area contributed by atoms with Gasteiger partial charge in [-0.2, -0.15) is 0 Å². The Bertz CT molecular complexity index is 571. The second-order valence-corrected chi connectivity index (χ2v) is 7.92. The minimum absolute atomic E-state index is 0.363. The first kappa shape index (κ1) is 19.4. The zero-order valence-corrected chi connectivity index (χ0v) is 16.0. The maximum atomic E-state index is 11.0. The molecule has 144 valence electrons. The molecule has 1 aromatic carbocycles. The van der Waals surface area contributed by atoms with Gasteiger partial charge in [0.25, 0.3) is 0 Å². The first-order valence-corrected chi connectivity index (χ1v) is 10.4. The topological polar surface area (TPSA) is 58.6 Å². The Labute approximate surface area is 157 Å². The molecule has 0 aliphatic carbocycles. The maximum Gasteiger partial charge on any atom is 0.335 e. The first-order valence-electron chi connectivity index (χ1n) is 10.4. The van der Waals surface area contributed by atoms with E-state index in [1.54, 1.807) is 12.1 Å². The van der Waals surface area contributed by atoms with Crippen molar-refractivity contribution in [3.63, 3.8) is 0 Å². The number of aromatic carboxylic acids is 1. The molecule has 2 aliphatic rings. The fourth-order valence-corrected chi connectivity index (χ4v) is 4.65. The van der Waals surface area contributed by atoms with E-state index in [1.807, 2.05) is 12.1 Å². The molecule has 2 saturated heterocycles. The number of hydrogen-bond donors (Lipinski definition) is 2. The van der Waals surface area contributed by atoms with Crippen LogP contribution in [-0.2, 0) is 11.2 Å². The molecule has 4 atom stereocenters. The number of carbonyl (C=O) groups is 1. The summed E-state index contributed by atoms with van der Waals surface area (Å²) in [6.07, 6.45) is 10.7. The van der Waals surface area contributed by atoms with Crippen molar-refractivity contribution in [1.82, 2.24) is 5.32 Å². The van der Waals surface area contributed by atoms with Crippen molar-refractivity contribution in [2.24, 2.45) is 11.8 Å². The molecule has 2 N–H and O–H groups in total. The number of ether oxygens (including phenoxy) is 1. The Morgan fingerprint density at radius 1 is 1.12 bits per heavy atom. The van der Waals surface area contributed by atoms with Gasteiger partial charge in [-0.3, -0.25) is 0 Å². The van der Waals surface area contributed by atoms with Gasteiger partial charge in [-0.1, -0.05) is 38.3 Å². The molecule has 2 fully saturated rings. The summed E-state index contributed by atoms with van der Waals surface area (Å²) in [4.78, 5) is 11.0. The fourth-order valence-electron chi connectivity index (χ4n) is 4.65. The average Bonchev–Trinajstić information content (AvgIpc) is 3.25. The van der Waals surface area contributed by atoms with Gasteiger partial charge in [-0.05, 0) is 62.3 Å². The Hall–Kier alpha value is -1.39. The average molecular weight is 360 g/mol. The van der Waals surface area contributed by atoms with E-state index in [2.05, 4.69) is 12.2 Å². The SMILES string of the molecule is CCCCCCNC[C@@H]1[C@@H](CCc2ccc(C(=O)O)cc2)[C@@H]2CC[C@H]1O2. The lowest BCUT2D eigenvalue weighted by molar-refractivity contribution is 0.0697. The predicted molar refractivity (Wildman–Crippen MR) is 104 cm³/mol. The van der Waals surface area contributed by atoms with Crippen LogP contribution in [0.3, 0.4) is 0 Å². The largest absolute Gasteiger partial charge is 0.478 e. The summed E-state index contributed by atoms with van der Waals surface area (Å²) in [5.74, 6) is 0.414. The molecule has 26 heavy (non-hydrogen) atoms. The van der Waals surface area contributed by atoms with E-state index < -0.39 is 5.97 Å². The molecular formula is C22H33NO3. The smallest absolute Gasteiger partial charge is 0.335 e. The molecule has 2 aliphatic heterocycles. The highest BCUT2D eigenvalue weighted by atomic mass is 16.5. The highest BCUT2D eigenvalue weighted by Crippen LogP contribution is 2.45. The second kappa shape index (κ2) is 9.52. The monoisotopic (exact) mass is 359 g/mol. The summed E-state index contributed by atoms with van der Waals surface area (Å²) >= 11 is 0. The molecule has 1 aromatic rings.